The first-order valence-corrected chi connectivity index (χ1v) is 7.51. The Bertz CT molecular complexity index is 655. The molecule has 2 rings (SSSR count). The van der Waals surface area contributed by atoms with Crippen LogP contribution in [0.3, 0.4) is 0 Å². The quantitative estimate of drug-likeness (QED) is 0.897. The van der Waals surface area contributed by atoms with Crippen LogP contribution >= 0.6 is 15.9 Å². The highest BCUT2D eigenvalue weighted by atomic mass is 79.9. The van der Waals surface area contributed by atoms with Gasteiger partial charge >= 0.3 is 0 Å². The van der Waals surface area contributed by atoms with Crippen LogP contribution in [0.25, 0.3) is 0 Å². The van der Waals surface area contributed by atoms with Gasteiger partial charge < -0.3 is 10.1 Å². The lowest BCUT2D eigenvalue weighted by molar-refractivity contribution is 0.0939. The molecule has 0 saturated carbocycles. The van der Waals surface area contributed by atoms with E-state index in [0.29, 0.717) is 5.56 Å². The van der Waals surface area contributed by atoms with Gasteiger partial charge in [-0.2, -0.15) is 0 Å². The van der Waals surface area contributed by atoms with Gasteiger partial charge in [0.25, 0.3) is 5.91 Å². The van der Waals surface area contributed by atoms with Crippen molar-refractivity contribution in [1.82, 2.24) is 5.32 Å². The Hall–Kier alpha value is -1.81. The molecule has 1 unspecified atom stereocenters. The molecule has 0 aliphatic rings. The van der Waals surface area contributed by atoms with E-state index >= 15 is 0 Å². The highest BCUT2D eigenvalue weighted by Gasteiger charge is 2.12. The Morgan fingerprint density at radius 2 is 2.00 bits per heavy atom. The molecule has 2 aromatic rings. The molecule has 0 fully saturated rings. The van der Waals surface area contributed by atoms with Crippen molar-refractivity contribution in [2.75, 3.05) is 7.11 Å². The van der Waals surface area contributed by atoms with Gasteiger partial charge in [-0.15, -0.1) is 0 Å². The number of rotatable bonds is 4. The Labute approximate surface area is 133 Å². The van der Waals surface area contributed by atoms with Gasteiger partial charge in [-0.3, -0.25) is 4.79 Å². The Morgan fingerprint density at radius 3 is 2.67 bits per heavy atom. The SMILES string of the molecule is COc1cccc(C(C)NC(=O)c2ccc(Br)c(C)c2)c1. The number of hydrogen-bond donors (Lipinski definition) is 1. The van der Waals surface area contributed by atoms with Crippen LogP contribution in [0.15, 0.2) is 46.9 Å². The first-order valence-electron chi connectivity index (χ1n) is 6.72. The van der Waals surface area contributed by atoms with Crippen LogP contribution < -0.4 is 10.1 Å². The molecule has 1 amide bonds. The van der Waals surface area contributed by atoms with E-state index in [9.17, 15) is 4.79 Å². The first kappa shape index (κ1) is 15.6. The summed E-state index contributed by atoms with van der Waals surface area (Å²) in [5.74, 6) is 0.703. The number of ether oxygens (including phenoxy) is 1. The summed E-state index contributed by atoms with van der Waals surface area (Å²) in [7, 11) is 1.63. The fraction of sp³-hybridized carbons (Fsp3) is 0.235. The molecule has 1 N–H and O–H groups in total. The predicted octanol–water partition coefficient (Wildman–Crippen LogP) is 4.26. The topological polar surface area (TPSA) is 38.3 Å². The van der Waals surface area contributed by atoms with E-state index in [-0.39, 0.29) is 11.9 Å². The lowest BCUT2D eigenvalue weighted by Gasteiger charge is -2.15. The number of carbonyl (C=O) groups excluding carboxylic acids is 1. The van der Waals surface area contributed by atoms with Crippen molar-refractivity contribution in [3.8, 4) is 5.75 Å². The van der Waals surface area contributed by atoms with Crippen molar-refractivity contribution in [2.24, 2.45) is 0 Å². The highest BCUT2D eigenvalue weighted by Crippen LogP contribution is 2.20. The lowest BCUT2D eigenvalue weighted by atomic mass is 10.1. The largest absolute Gasteiger partial charge is 0.497 e. The second-order valence-electron chi connectivity index (χ2n) is 4.94. The van der Waals surface area contributed by atoms with Gasteiger partial charge in [-0.25, -0.2) is 0 Å². The number of amides is 1. The fourth-order valence-electron chi connectivity index (χ4n) is 2.06. The maximum atomic E-state index is 12.3. The zero-order valence-corrected chi connectivity index (χ0v) is 13.9. The molecule has 3 nitrogen and oxygen atoms in total. The Kier molecular flexibility index (Phi) is 5.02. The van der Waals surface area contributed by atoms with Gasteiger partial charge in [-0.1, -0.05) is 28.1 Å². The second-order valence-corrected chi connectivity index (χ2v) is 5.79. The van der Waals surface area contributed by atoms with Gasteiger partial charge in [-0.05, 0) is 55.3 Å². The molecule has 0 spiro atoms. The molecule has 0 radical (unpaired) electrons. The summed E-state index contributed by atoms with van der Waals surface area (Å²) in [6.07, 6.45) is 0. The maximum absolute atomic E-state index is 12.3. The van der Waals surface area contributed by atoms with Crippen LogP contribution in [0.2, 0.25) is 0 Å². The smallest absolute Gasteiger partial charge is 0.251 e. The molecule has 1 atom stereocenters. The van der Waals surface area contributed by atoms with Crippen LogP contribution in [-0.4, -0.2) is 13.0 Å². The summed E-state index contributed by atoms with van der Waals surface area (Å²) in [5.41, 5.74) is 2.71. The minimum absolute atomic E-state index is 0.0825. The monoisotopic (exact) mass is 347 g/mol. The lowest BCUT2D eigenvalue weighted by Crippen LogP contribution is -2.26. The molecular weight excluding hydrogens is 330 g/mol. The molecule has 0 saturated heterocycles. The van der Waals surface area contributed by atoms with E-state index in [1.807, 2.05) is 56.3 Å². The van der Waals surface area contributed by atoms with E-state index in [0.717, 1.165) is 21.3 Å². The molecule has 2 aromatic carbocycles. The van der Waals surface area contributed by atoms with Gasteiger partial charge in [0, 0.05) is 10.0 Å². The Morgan fingerprint density at radius 1 is 1.24 bits per heavy atom. The molecule has 4 heteroatoms. The van der Waals surface area contributed by atoms with Crippen molar-refractivity contribution in [3.05, 3.63) is 63.6 Å². The van der Waals surface area contributed by atoms with Crippen LogP contribution in [-0.2, 0) is 0 Å². The maximum Gasteiger partial charge on any atom is 0.251 e. The number of benzene rings is 2. The molecule has 0 aliphatic heterocycles. The summed E-state index contributed by atoms with van der Waals surface area (Å²) in [6, 6.07) is 13.2. The molecule has 21 heavy (non-hydrogen) atoms. The third-order valence-electron chi connectivity index (χ3n) is 3.36. The van der Waals surface area contributed by atoms with E-state index in [1.54, 1.807) is 7.11 Å². The number of hydrogen-bond acceptors (Lipinski definition) is 2. The van der Waals surface area contributed by atoms with Crippen LogP contribution in [0.5, 0.6) is 5.75 Å². The second kappa shape index (κ2) is 6.76. The van der Waals surface area contributed by atoms with Crippen LogP contribution in [0.1, 0.15) is 34.5 Å². The van der Waals surface area contributed by atoms with Gasteiger partial charge in [0.05, 0.1) is 13.2 Å². The third kappa shape index (κ3) is 3.85. The molecule has 0 heterocycles. The standard InChI is InChI=1S/C17H18BrNO2/c1-11-9-14(7-8-16(11)18)17(20)19-12(2)13-5-4-6-15(10-13)21-3/h4-10,12H,1-3H3,(H,19,20). The van der Waals surface area contributed by atoms with Crippen LogP contribution in [0.4, 0.5) is 0 Å². The third-order valence-corrected chi connectivity index (χ3v) is 4.25. The first-order chi connectivity index (χ1) is 10.0. The molecule has 0 aliphatic carbocycles. The van der Waals surface area contributed by atoms with Crippen molar-refractivity contribution >= 4 is 21.8 Å². The summed E-state index contributed by atoms with van der Waals surface area (Å²) in [4.78, 5) is 12.3. The average molecular weight is 348 g/mol. The van der Waals surface area contributed by atoms with Crippen molar-refractivity contribution in [2.45, 2.75) is 19.9 Å². The minimum Gasteiger partial charge on any atom is -0.497 e. The van der Waals surface area contributed by atoms with Gasteiger partial charge in [0.15, 0.2) is 0 Å². The number of aryl methyl sites for hydroxylation is 1. The Balaban J connectivity index is 2.12. The normalized spacial score (nSPS) is 11.8. The van der Waals surface area contributed by atoms with Gasteiger partial charge in [0.2, 0.25) is 0 Å². The minimum atomic E-state index is -0.0865. The van der Waals surface area contributed by atoms with Crippen molar-refractivity contribution in [1.29, 1.82) is 0 Å². The van der Waals surface area contributed by atoms with Crippen LogP contribution in [0, 0.1) is 6.92 Å². The summed E-state index contributed by atoms with van der Waals surface area (Å²) >= 11 is 3.44. The highest BCUT2D eigenvalue weighted by molar-refractivity contribution is 9.10. The zero-order chi connectivity index (χ0) is 15.4. The molecular formula is C17H18BrNO2. The zero-order valence-electron chi connectivity index (χ0n) is 12.3. The van der Waals surface area contributed by atoms with Crippen molar-refractivity contribution in [3.63, 3.8) is 0 Å². The average Bonchev–Trinajstić information content (AvgIpc) is 2.49. The number of methoxy groups -OCH3 is 1. The summed E-state index contributed by atoms with van der Waals surface area (Å²) < 4.78 is 6.21. The number of carbonyl (C=O) groups is 1. The predicted molar refractivity (Wildman–Crippen MR) is 87.8 cm³/mol. The van der Waals surface area contributed by atoms with E-state index in [4.69, 9.17) is 4.74 Å². The molecule has 0 bridgehead atoms. The number of nitrogens with one attached hydrogen (secondary N) is 1. The van der Waals surface area contributed by atoms with Gasteiger partial charge in [0.1, 0.15) is 5.75 Å². The van der Waals surface area contributed by atoms with E-state index < -0.39 is 0 Å². The van der Waals surface area contributed by atoms with E-state index in [2.05, 4.69) is 21.2 Å². The number of halogens is 1. The molecule has 110 valence electrons. The van der Waals surface area contributed by atoms with Crippen molar-refractivity contribution < 1.29 is 9.53 Å². The van der Waals surface area contributed by atoms with E-state index in [1.165, 1.54) is 0 Å². The summed E-state index contributed by atoms with van der Waals surface area (Å²) in [5, 5.41) is 3.00. The molecule has 0 aromatic heterocycles. The fourth-order valence-corrected chi connectivity index (χ4v) is 2.31. The summed E-state index contributed by atoms with van der Waals surface area (Å²) in [6.45, 7) is 3.92.